The monoisotopic (exact) mass is 438 g/mol. The highest BCUT2D eigenvalue weighted by molar-refractivity contribution is 5.92. The van der Waals surface area contributed by atoms with Crippen LogP contribution in [0.2, 0.25) is 0 Å². The van der Waals surface area contributed by atoms with E-state index in [9.17, 15) is 34.2 Å². The minimum absolute atomic E-state index is 0.0198. The number of benzene rings is 1. The maximum absolute atomic E-state index is 12.0. The van der Waals surface area contributed by atoms with Gasteiger partial charge in [-0.25, -0.2) is 4.79 Å². The van der Waals surface area contributed by atoms with E-state index in [1.807, 2.05) is 0 Å². The molecular formula is C19H26N4O8. The van der Waals surface area contributed by atoms with E-state index in [4.69, 9.17) is 10.8 Å². The molecule has 1 aromatic rings. The number of rotatable bonds is 12. The largest absolute Gasteiger partial charge is 0.508 e. The van der Waals surface area contributed by atoms with Gasteiger partial charge in [0.1, 0.15) is 17.8 Å². The quantitative estimate of drug-likeness (QED) is 0.198. The van der Waals surface area contributed by atoms with Crippen LogP contribution in [0.4, 0.5) is 0 Å². The first-order valence-corrected chi connectivity index (χ1v) is 9.35. The van der Waals surface area contributed by atoms with Gasteiger partial charge in [-0.15, -0.1) is 0 Å². The Morgan fingerprint density at radius 2 is 1.61 bits per heavy atom. The summed E-state index contributed by atoms with van der Waals surface area (Å²) in [5, 5.41) is 34.0. The molecule has 8 N–H and O–H groups in total. The van der Waals surface area contributed by atoms with E-state index >= 15 is 0 Å². The smallest absolute Gasteiger partial charge is 0.326 e. The van der Waals surface area contributed by atoms with Gasteiger partial charge >= 0.3 is 11.9 Å². The first kappa shape index (κ1) is 25.4. The normalized spacial score (nSPS) is 13.4. The van der Waals surface area contributed by atoms with Crippen LogP contribution in [0.1, 0.15) is 25.3 Å². The predicted molar refractivity (Wildman–Crippen MR) is 107 cm³/mol. The van der Waals surface area contributed by atoms with E-state index in [0.29, 0.717) is 5.56 Å². The highest BCUT2D eigenvalue weighted by Gasteiger charge is 2.23. The molecule has 0 radical (unpaired) electrons. The highest BCUT2D eigenvalue weighted by Crippen LogP contribution is 2.11. The summed E-state index contributed by atoms with van der Waals surface area (Å²) >= 11 is 0. The van der Waals surface area contributed by atoms with Crippen LogP contribution in [0.5, 0.6) is 5.75 Å². The van der Waals surface area contributed by atoms with Crippen molar-refractivity contribution in [2.24, 2.45) is 5.73 Å². The Labute approximate surface area is 177 Å². The van der Waals surface area contributed by atoms with Crippen molar-refractivity contribution >= 4 is 29.7 Å². The zero-order chi connectivity index (χ0) is 23.6. The molecule has 3 atom stereocenters. The molecule has 0 aliphatic rings. The summed E-state index contributed by atoms with van der Waals surface area (Å²) in [5.74, 6) is -4.54. The third kappa shape index (κ3) is 9.58. The number of aliphatic carboxylic acids is 2. The van der Waals surface area contributed by atoms with Crippen LogP contribution < -0.4 is 21.7 Å². The molecule has 0 heterocycles. The number of carbonyl (C=O) groups excluding carboxylic acids is 3. The molecule has 3 amide bonds. The third-order valence-electron chi connectivity index (χ3n) is 4.19. The summed E-state index contributed by atoms with van der Waals surface area (Å²) in [6.45, 7) is 0.823. The standard InChI is InChI=1S/C19H26N4O8/c1-10(22-18(29)13(20)6-7-16(26)27)17(28)21-9-15(25)23-14(19(30)31)8-11-2-4-12(24)5-3-11/h2-5,10,13-14,24H,6-9,20H2,1H3,(H,21,28)(H,22,29)(H,23,25)(H,26,27)(H,30,31). The number of nitrogens with two attached hydrogens (primary N) is 1. The lowest BCUT2D eigenvalue weighted by atomic mass is 10.1. The maximum atomic E-state index is 12.0. The Morgan fingerprint density at radius 1 is 1.00 bits per heavy atom. The maximum Gasteiger partial charge on any atom is 0.326 e. The summed E-state index contributed by atoms with van der Waals surface area (Å²) in [6.07, 6.45) is -0.435. The zero-order valence-corrected chi connectivity index (χ0v) is 16.8. The molecule has 1 rings (SSSR count). The van der Waals surface area contributed by atoms with Crippen LogP contribution in [0.15, 0.2) is 24.3 Å². The predicted octanol–water partition coefficient (Wildman–Crippen LogP) is -1.68. The van der Waals surface area contributed by atoms with Crippen LogP contribution in [0.25, 0.3) is 0 Å². The average molecular weight is 438 g/mol. The van der Waals surface area contributed by atoms with Crippen molar-refractivity contribution in [2.75, 3.05) is 6.54 Å². The number of aromatic hydroxyl groups is 1. The number of hydrogen-bond donors (Lipinski definition) is 7. The molecule has 0 fully saturated rings. The van der Waals surface area contributed by atoms with Crippen LogP contribution in [-0.2, 0) is 30.4 Å². The number of nitrogens with one attached hydrogen (secondary N) is 3. The van der Waals surface area contributed by atoms with Crippen LogP contribution in [-0.4, -0.2) is 69.7 Å². The van der Waals surface area contributed by atoms with Gasteiger partial charge in [-0.3, -0.25) is 19.2 Å². The minimum atomic E-state index is -1.27. The molecule has 0 saturated heterocycles. The molecule has 170 valence electrons. The van der Waals surface area contributed by atoms with Crippen molar-refractivity contribution in [3.05, 3.63) is 29.8 Å². The van der Waals surface area contributed by atoms with Crippen molar-refractivity contribution in [1.29, 1.82) is 0 Å². The highest BCUT2D eigenvalue weighted by atomic mass is 16.4. The molecule has 0 spiro atoms. The lowest BCUT2D eigenvalue weighted by Crippen LogP contribution is -2.52. The van der Waals surface area contributed by atoms with Crippen LogP contribution in [0, 0.1) is 0 Å². The number of hydrogen-bond acceptors (Lipinski definition) is 7. The van der Waals surface area contributed by atoms with Gasteiger partial charge < -0.3 is 37.0 Å². The fourth-order valence-electron chi connectivity index (χ4n) is 2.43. The molecule has 0 bridgehead atoms. The van der Waals surface area contributed by atoms with Gasteiger partial charge in [-0.2, -0.15) is 0 Å². The summed E-state index contributed by atoms with van der Waals surface area (Å²) < 4.78 is 0. The fourth-order valence-corrected chi connectivity index (χ4v) is 2.43. The molecular weight excluding hydrogens is 412 g/mol. The first-order chi connectivity index (χ1) is 14.5. The molecule has 3 unspecified atom stereocenters. The van der Waals surface area contributed by atoms with Gasteiger partial charge in [0.25, 0.3) is 0 Å². The molecule has 31 heavy (non-hydrogen) atoms. The van der Waals surface area contributed by atoms with Gasteiger partial charge in [0, 0.05) is 12.8 Å². The SMILES string of the molecule is CC(NC(=O)C(N)CCC(=O)O)C(=O)NCC(=O)NC(Cc1ccc(O)cc1)C(=O)O. The van der Waals surface area contributed by atoms with E-state index in [1.54, 1.807) is 0 Å². The Balaban J connectivity index is 2.48. The Morgan fingerprint density at radius 3 is 2.16 bits per heavy atom. The fraction of sp³-hybridized carbons (Fsp3) is 0.421. The second-order valence-electron chi connectivity index (χ2n) is 6.82. The topological polar surface area (TPSA) is 208 Å². The number of phenols is 1. The van der Waals surface area contributed by atoms with Gasteiger partial charge in [-0.1, -0.05) is 12.1 Å². The molecule has 0 aromatic heterocycles. The van der Waals surface area contributed by atoms with Crippen molar-refractivity contribution in [1.82, 2.24) is 16.0 Å². The average Bonchev–Trinajstić information content (AvgIpc) is 2.70. The van der Waals surface area contributed by atoms with Crippen molar-refractivity contribution in [2.45, 2.75) is 44.3 Å². The zero-order valence-electron chi connectivity index (χ0n) is 16.8. The van der Waals surface area contributed by atoms with E-state index in [2.05, 4.69) is 16.0 Å². The molecule has 0 aliphatic carbocycles. The summed E-state index contributed by atoms with van der Waals surface area (Å²) in [7, 11) is 0. The van der Waals surface area contributed by atoms with Gasteiger partial charge in [0.2, 0.25) is 17.7 Å². The van der Waals surface area contributed by atoms with E-state index in [-0.39, 0.29) is 25.0 Å². The van der Waals surface area contributed by atoms with Crippen molar-refractivity contribution in [3.8, 4) is 5.75 Å². The number of phenolic OH excluding ortho intramolecular Hbond substituents is 1. The lowest BCUT2D eigenvalue weighted by Gasteiger charge is -2.18. The molecule has 12 nitrogen and oxygen atoms in total. The van der Waals surface area contributed by atoms with Gasteiger partial charge in [0.05, 0.1) is 12.6 Å². The molecule has 0 aliphatic heterocycles. The van der Waals surface area contributed by atoms with Gasteiger partial charge in [0.15, 0.2) is 0 Å². The summed E-state index contributed by atoms with van der Waals surface area (Å²) in [5.41, 5.74) is 6.12. The number of carboxylic acids is 2. The molecule has 0 saturated carbocycles. The molecule has 1 aromatic carbocycles. The Hall–Kier alpha value is -3.67. The van der Waals surface area contributed by atoms with Crippen LogP contribution in [0.3, 0.4) is 0 Å². The van der Waals surface area contributed by atoms with E-state index in [0.717, 1.165) is 0 Å². The minimum Gasteiger partial charge on any atom is -0.508 e. The number of amides is 3. The number of carboxylic acid groups (broad SMARTS) is 2. The Bertz CT molecular complexity index is 812. The van der Waals surface area contributed by atoms with Gasteiger partial charge in [-0.05, 0) is 31.0 Å². The number of carbonyl (C=O) groups is 5. The van der Waals surface area contributed by atoms with E-state index in [1.165, 1.54) is 31.2 Å². The lowest BCUT2D eigenvalue weighted by molar-refractivity contribution is -0.141. The summed E-state index contributed by atoms with van der Waals surface area (Å²) in [6, 6.07) is 2.40. The van der Waals surface area contributed by atoms with Crippen molar-refractivity contribution < 1.29 is 39.3 Å². The van der Waals surface area contributed by atoms with E-state index < -0.39 is 54.3 Å². The Kier molecular flexibility index (Phi) is 9.92. The van der Waals surface area contributed by atoms with Crippen LogP contribution >= 0.6 is 0 Å². The third-order valence-corrected chi connectivity index (χ3v) is 4.19. The first-order valence-electron chi connectivity index (χ1n) is 9.35. The van der Waals surface area contributed by atoms with Crippen molar-refractivity contribution in [3.63, 3.8) is 0 Å². The second-order valence-corrected chi connectivity index (χ2v) is 6.82. The summed E-state index contributed by atoms with van der Waals surface area (Å²) in [4.78, 5) is 57.8. The molecule has 12 heteroatoms. The second kappa shape index (κ2) is 12.1.